The fraction of sp³-hybridized carbons (Fsp3) is 0.0606. The molecule has 0 aliphatic rings. The maximum Gasteiger partial charge on any atom is 0.0704 e. The second kappa shape index (κ2) is 27.3. The molecule has 1 atom stereocenters. The van der Waals surface area contributed by atoms with E-state index in [9.17, 15) is 0 Å². The van der Waals surface area contributed by atoms with E-state index in [4.69, 9.17) is 10.3 Å². The Hall–Kier alpha value is -7.59. The molecule has 0 radical (unpaired) electrons. The Morgan fingerprint density at radius 3 is 1.20 bits per heavy atom. The summed E-state index contributed by atoms with van der Waals surface area (Å²) in [6, 6.07) is 95.4. The van der Waals surface area contributed by atoms with Gasteiger partial charge >= 0.3 is 0 Å². The molecule has 10 aromatic rings. The van der Waals surface area contributed by atoms with Crippen LogP contribution in [-0.2, 0) is 25.8 Å². The fourth-order valence-electron chi connectivity index (χ4n) is 7.65. The van der Waals surface area contributed by atoms with Gasteiger partial charge in [0.1, 0.15) is 0 Å². The first-order chi connectivity index (χ1) is 33.4. The average Bonchev–Trinajstić information content (AvgIpc) is 3.41. The molecular formula is C66H58HfN2-4. The third-order valence-corrected chi connectivity index (χ3v) is 11.2. The summed E-state index contributed by atoms with van der Waals surface area (Å²) in [4.78, 5) is 5.10. The summed E-state index contributed by atoms with van der Waals surface area (Å²) in [6.45, 7) is 11.9. The molecule has 0 amide bonds. The van der Waals surface area contributed by atoms with Crippen LogP contribution in [0, 0.1) is 19.8 Å². The van der Waals surface area contributed by atoms with Crippen LogP contribution in [0.2, 0.25) is 0 Å². The van der Waals surface area contributed by atoms with Crippen LogP contribution in [0.3, 0.4) is 0 Å². The van der Waals surface area contributed by atoms with Crippen LogP contribution in [0.4, 0.5) is 5.69 Å². The van der Waals surface area contributed by atoms with Gasteiger partial charge in [-0.15, -0.1) is 30.0 Å². The third-order valence-electron chi connectivity index (χ3n) is 11.2. The van der Waals surface area contributed by atoms with Crippen molar-refractivity contribution in [2.45, 2.75) is 25.8 Å². The number of benzene rings is 9. The molecule has 10 rings (SSSR count). The summed E-state index contributed by atoms with van der Waals surface area (Å²) in [5, 5.41) is 5.26. The molecule has 0 fully saturated rings. The fourth-order valence-corrected chi connectivity index (χ4v) is 7.65. The zero-order valence-corrected chi connectivity index (χ0v) is 43.1. The Kier molecular flexibility index (Phi) is 20.1. The molecule has 0 saturated heterocycles. The maximum absolute atomic E-state index is 5.26. The smallest absolute Gasteiger partial charge is 0.0704 e. The van der Waals surface area contributed by atoms with Gasteiger partial charge < -0.3 is 5.32 Å². The van der Waals surface area contributed by atoms with E-state index in [1.165, 1.54) is 39.3 Å². The van der Waals surface area contributed by atoms with Gasteiger partial charge in [0.25, 0.3) is 0 Å². The normalized spacial score (nSPS) is 10.5. The first-order valence-corrected chi connectivity index (χ1v) is 23.2. The van der Waals surface area contributed by atoms with Crippen molar-refractivity contribution in [1.82, 2.24) is 4.98 Å². The average molecular weight is 1060 g/mol. The quantitative estimate of drug-likeness (QED) is 0.0762. The van der Waals surface area contributed by atoms with Gasteiger partial charge in [0.2, 0.25) is 0 Å². The van der Waals surface area contributed by atoms with E-state index in [-0.39, 0.29) is 31.9 Å². The number of pyridine rings is 1. The van der Waals surface area contributed by atoms with Crippen molar-refractivity contribution in [2.24, 2.45) is 0 Å². The van der Waals surface area contributed by atoms with E-state index in [0.29, 0.717) is 5.92 Å². The van der Waals surface area contributed by atoms with Gasteiger partial charge in [0.15, 0.2) is 0 Å². The Labute approximate surface area is 430 Å². The van der Waals surface area contributed by atoms with Gasteiger partial charge in [-0.2, -0.15) is 49.2 Å². The Morgan fingerprint density at radius 2 is 0.783 bits per heavy atom. The first kappa shape index (κ1) is 50.8. The summed E-state index contributed by atoms with van der Waals surface area (Å²) < 4.78 is 0. The summed E-state index contributed by atoms with van der Waals surface area (Å²) in [5.41, 5.74) is 14.6. The predicted octanol–water partition coefficient (Wildman–Crippen LogP) is 17.8. The van der Waals surface area contributed by atoms with E-state index < -0.39 is 0 Å². The summed E-state index contributed by atoms with van der Waals surface area (Å²) in [5.74, 6) is 1.77. The minimum Gasteiger partial charge on any atom is -0.673 e. The van der Waals surface area contributed by atoms with Crippen molar-refractivity contribution in [3.05, 3.63) is 349 Å². The van der Waals surface area contributed by atoms with Gasteiger partial charge in [-0.05, 0) is 46.3 Å². The number of hydrogen-bond acceptors (Lipinski definition) is 1. The van der Waals surface area contributed by atoms with Crippen molar-refractivity contribution in [3.8, 4) is 22.4 Å². The molecule has 2 nitrogen and oxygen atoms in total. The molecule has 0 aliphatic carbocycles. The number of nitrogens with zero attached hydrogens (tertiary/aromatic N) is 2. The van der Waals surface area contributed by atoms with Gasteiger partial charge in [0.05, 0.1) is 5.69 Å². The largest absolute Gasteiger partial charge is 0.673 e. The molecule has 0 N–H and O–H groups in total. The molecule has 9 aromatic carbocycles. The van der Waals surface area contributed by atoms with E-state index in [0.717, 1.165) is 39.3 Å². The monoisotopic (exact) mass is 1060 g/mol. The van der Waals surface area contributed by atoms with Crippen LogP contribution in [-0.4, -0.2) is 4.98 Å². The van der Waals surface area contributed by atoms with Crippen molar-refractivity contribution >= 4 is 5.69 Å². The van der Waals surface area contributed by atoms with Crippen LogP contribution in [0.1, 0.15) is 70.4 Å². The van der Waals surface area contributed by atoms with Gasteiger partial charge in [-0.25, -0.2) is 0 Å². The zero-order chi connectivity index (χ0) is 47.2. The summed E-state index contributed by atoms with van der Waals surface area (Å²) in [6.07, 6.45) is 0. The predicted molar refractivity (Wildman–Crippen MR) is 289 cm³/mol. The first-order valence-electron chi connectivity index (χ1n) is 23.2. The summed E-state index contributed by atoms with van der Waals surface area (Å²) in [7, 11) is 0. The van der Waals surface area contributed by atoms with Crippen LogP contribution in [0.15, 0.2) is 279 Å². The van der Waals surface area contributed by atoms with E-state index in [2.05, 4.69) is 228 Å². The molecule has 0 spiro atoms. The topological polar surface area (TPSA) is 27.0 Å². The SMILES string of the molecule is CC(C)c1ccc([N-]C(c2cccc(-c3ccccc3)n2)c2ccccc2-c2ccccc2)cc1.[CH2-]c1ccccc1.[CH2-]c1ccccc1.[Hf].c1ccc([C-](c2ccccc2)c2ccccc2)cc1. The maximum atomic E-state index is 5.26. The molecule has 1 unspecified atom stereocenters. The van der Waals surface area contributed by atoms with E-state index >= 15 is 0 Å². The van der Waals surface area contributed by atoms with Crippen molar-refractivity contribution in [2.75, 3.05) is 0 Å². The number of aromatic nitrogens is 1. The third kappa shape index (κ3) is 15.5. The van der Waals surface area contributed by atoms with Crippen LogP contribution >= 0.6 is 0 Å². The van der Waals surface area contributed by atoms with Crippen molar-refractivity contribution in [3.63, 3.8) is 0 Å². The molecule has 340 valence electrons. The molecule has 0 aliphatic heterocycles. The van der Waals surface area contributed by atoms with Gasteiger partial charge in [0, 0.05) is 37.1 Å². The zero-order valence-electron chi connectivity index (χ0n) is 39.5. The van der Waals surface area contributed by atoms with Gasteiger partial charge in [-0.1, -0.05) is 255 Å². The van der Waals surface area contributed by atoms with E-state index in [1.807, 2.05) is 78.9 Å². The van der Waals surface area contributed by atoms with Crippen LogP contribution in [0.25, 0.3) is 27.7 Å². The summed E-state index contributed by atoms with van der Waals surface area (Å²) >= 11 is 0. The van der Waals surface area contributed by atoms with Crippen molar-refractivity contribution < 1.29 is 25.8 Å². The molecule has 3 heteroatoms. The second-order valence-corrected chi connectivity index (χ2v) is 16.5. The Balaban J connectivity index is 0.000000190. The van der Waals surface area contributed by atoms with Crippen molar-refractivity contribution in [1.29, 1.82) is 0 Å². The standard InChI is InChI=1S/C33H29N2.C19H15.2C7H7.Hf/c1-24(2)25-20-22-28(23-21-25)34-33(30-17-10-9-16-29(30)26-12-5-3-6-13-26)32-19-11-18-31(35-32)27-14-7-4-8-15-27;1-4-10-16(11-5-1)19(17-12-6-2-7-13-17)18-14-8-3-9-15-18;2*1-7-5-3-2-4-6-7;/h3-24,33H,1-2H3;1-15H;2*2-6H,1H2;/q4*-1;. The minimum atomic E-state index is -0.236. The molecular weight excluding hydrogens is 999 g/mol. The van der Waals surface area contributed by atoms with Crippen LogP contribution < -0.4 is 0 Å². The number of rotatable bonds is 10. The molecule has 0 saturated carbocycles. The van der Waals surface area contributed by atoms with E-state index in [1.54, 1.807) is 0 Å². The Morgan fingerprint density at radius 1 is 0.391 bits per heavy atom. The molecule has 0 bridgehead atoms. The molecule has 1 aromatic heterocycles. The number of hydrogen-bond donors (Lipinski definition) is 0. The molecule has 69 heavy (non-hydrogen) atoms. The van der Waals surface area contributed by atoms with Gasteiger partial charge in [-0.3, -0.25) is 4.98 Å². The minimum absolute atomic E-state index is 0. The second-order valence-electron chi connectivity index (χ2n) is 16.5. The Bertz CT molecular complexity index is 2800. The van der Waals surface area contributed by atoms with Crippen LogP contribution in [0.5, 0.6) is 0 Å². The molecule has 1 heterocycles.